The van der Waals surface area contributed by atoms with E-state index in [4.69, 9.17) is 9.57 Å². The maximum Gasteiger partial charge on any atom is 0.180 e. The minimum Gasteiger partial charge on any atom is -0.354 e. The minimum atomic E-state index is -0.0533. The molecule has 0 aromatic rings. The summed E-state index contributed by atoms with van der Waals surface area (Å²) < 4.78 is 5.00. The van der Waals surface area contributed by atoms with Crippen LogP contribution in [0.4, 0.5) is 0 Å². The Balaban J connectivity index is 2.28. The summed E-state index contributed by atoms with van der Waals surface area (Å²) >= 11 is 0. The summed E-state index contributed by atoms with van der Waals surface area (Å²) in [5.41, 5.74) is 0. The smallest absolute Gasteiger partial charge is 0.180 e. The number of hydroxylamine groups is 1. The molecule has 1 unspecified atom stereocenters. The maximum absolute atomic E-state index is 5.31. The molecule has 0 aliphatic carbocycles. The van der Waals surface area contributed by atoms with Crippen LogP contribution < -0.4 is 0 Å². The molecule has 1 aliphatic heterocycles. The van der Waals surface area contributed by atoms with Crippen LogP contribution in [-0.4, -0.2) is 44.2 Å². The van der Waals surface area contributed by atoms with Crippen molar-refractivity contribution in [3.63, 3.8) is 0 Å². The topological polar surface area (TPSA) is 24.9 Å². The number of hydrazine groups is 1. The van der Waals surface area contributed by atoms with Gasteiger partial charge in [-0.15, -0.1) is 5.17 Å². The van der Waals surface area contributed by atoms with E-state index < -0.39 is 0 Å². The summed E-state index contributed by atoms with van der Waals surface area (Å²) in [7, 11) is 5.54. The third-order valence-corrected chi connectivity index (χ3v) is 1.50. The van der Waals surface area contributed by atoms with Crippen molar-refractivity contribution in [2.24, 2.45) is 0 Å². The zero-order valence-electron chi connectivity index (χ0n) is 6.70. The first kappa shape index (κ1) is 7.94. The van der Waals surface area contributed by atoms with Gasteiger partial charge in [-0.05, 0) is 0 Å². The van der Waals surface area contributed by atoms with Crippen molar-refractivity contribution in [2.45, 2.75) is 12.7 Å². The largest absolute Gasteiger partial charge is 0.354 e. The zero-order valence-corrected chi connectivity index (χ0v) is 6.70. The molecule has 1 fully saturated rings. The van der Waals surface area contributed by atoms with E-state index in [-0.39, 0.29) is 6.29 Å². The number of hydrogen-bond acceptors (Lipinski definition) is 4. The average Bonchev–Trinajstić information content (AvgIpc) is 2.34. The first-order valence-electron chi connectivity index (χ1n) is 3.38. The maximum atomic E-state index is 5.31. The highest BCUT2D eigenvalue weighted by Crippen LogP contribution is 2.13. The summed E-state index contributed by atoms with van der Waals surface area (Å²) in [6, 6.07) is 0. The molecule has 0 saturated carbocycles. The highest BCUT2D eigenvalue weighted by Gasteiger charge is 2.23. The zero-order chi connectivity index (χ0) is 7.56. The molecule has 0 aromatic heterocycles. The standard InChI is InChI=1S/C6H14N2O2/c1-7(2)8-5-4-6(9-3)10-8/h6H,4-5H2,1-3H3. The fraction of sp³-hybridized carbons (Fsp3) is 1.00. The predicted octanol–water partition coefficient (Wildman–Crippen LogP) is 0.0728. The molecule has 10 heavy (non-hydrogen) atoms. The number of methoxy groups -OCH3 is 1. The second-order valence-electron chi connectivity index (χ2n) is 2.48. The van der Waals surface area contributed by atoms with Gasteiger partial charge in [0, 0.05) is 34.2 Å². The minimum absolute atomic E-state index is 0.0533. The Morgan fingerprint density at radius 3 is 2.60 bits per heavy atom. The van der Waals surface area contributed by atoms with Crippen LogP contribution in [-0.2, 0) is 9.57 Å². The van der Waals surface area contributed by atoms with Gasteiger partial charge in [-0.3, -0.25) is 4.84 Å². The van der Waals surface area contributed by atoms with Gasteiger partial charge in [-0.2, -0.15) is 0 Å². The molecule has 0 bridgehead atoms. The summed E-state index contributed by atoms with van der Waals surface area (Å²) in [6.07, 6.45) is 0.886. The van der Waals surface area contributed by atoms with E-state index in [1.165, 1.54) is 0 Å². The van der Waals surface area contributed by atoms with Crippen molar-refractivity contribution in [1.29, 1.82) is 0 Å². The molecule has 1 rings (SSSR count). The predicted molar refractivity (Wildman–Crippen MR) is 36.9 cm³/mol. The lowest BCUT2D eigenvalue weighted by atomic mass is 10.4. The number of rotatable bonds is 2. The molecule has 1 atom stereocenters. The molecule has 0 radical (unpaired) electrons. The van der Waals surface area contributed by atoms with Gasteiger partial charge < -0.3 is 4.74 Å². The summed E-state index contributed by atoms with van der Waals surface area (Å²) in [4.78, 5) is 5.31. The SMILES string of the molecule is COC1CCN(N(C)C)O1. The Hall–Kier alpha value is -0.160. The molecule has 1 aliphatic rings. The van der Waals surface area contributed by atoms with Crippen LogP contribution in [0.5, 0.6) is 0 Å². The van der Waals surface area contributed by atoms with E-state index in [1.807, 2.05) is 19.1 Å². The Morgan fingerprint density at radius 1 is 1.60 bits per heavy atom. The van der Waals surface area contributed by atoms with Crippen LogP contribution in [0.1, 0.15) is 6.42 Å². The van der Waals surface area contributed by atoms with Gasteiger partial charge in [0.05, 0.1) is 0 Å². The van der Waals surface area contributed by atoms with Crippen LogP contribution in [0.15, 0.2) is 0 Å². The Bertz CT molecular complexity index is 108. The van der Waals surface area contributed by atoms with Crippen molar-refractivity contribution >= 4 is 0 Å². The lowest BCUT2D eigenvalue weighted by molar-refractivity contribution is -0.296. The fourth-order valence-electron chi connectivity index (χ4n) is 0.912. The van der Waals surface area contributed by atoms with Gasteiger partial charge in [0.15, 0.2) is 6.29 Å². The molecule has 0 aromatic carbocycles. The lowest BCUT2D eigenvalue weighted by Crippen LogP contribution is -2.33. The van der Waals surface area contributed by atoms with Gasteiger partial charge in [-0.1, -0.05) is 0 Å². The molecule has 60 valence electrons. The average molecular weight is 146 g/mol. The molecule has 4 nitrogen and oxygen atoms in total. The second kappa shape index (κ2) is 3.30. The number of nitrogens with zero attached hydrogens (tertiary/aromatic N) is 2. The molecule has 1 saturated heterocycles. The Morgan fingerprint density at radius 2 is 2.30 bits per heavy atom. The Labute approximate surface area is 61.2 Å². The quantitative estimate of drug-likeness (QED) is 0.550. The van der Waals surface area contributed by atoms with Gasteiger partial charge >= 0.3 is 0 Å². The summed E-state index contributed by atoms with van der Waals surface area (Å²) in [5.74, 6) is 0. The highest BCUT2D eigenvalue weighted by molar-refractivity contribution is 4.53. The van der Waals surface area contributed by atoms with Crippen LogP contribution >= 0.6 is 0 Å². The summed E-state index contributed by atoms with van der Waals surface area (Å²) in [5, 5.41) is 3.69. The van der Waals surface area contributed by atoms with E-state index in [0.29, 0.717) is 0 Å². The van der Waals surface area contributed by atoms with Crippen LogP contribution in [0.25, 0.3) is 0 Å². The van der Waals surface area contributed by atoms with Gasteiger partial charge in [0.25, 0.3) is 0 Å². The van der Waals surface area contributed by atoms with Crippen LogP contribution in [0, 0.1) is 0 Å². The number of hydrogen-bond donors (Lipinski definition) is 0. The molecular weight excluding hydrogens is 132 g/mol. The normalized spacial score (nSPS) is 28.2. The first-order chi connectivity index (χ1) is 4.74. The van der Waals surface area contributed by atoms with E-state index in [9.17, 15) is 0 Å². The lowest BCUT2D eigenvalue weighted by Gasteiger charge is -2.21. The third-order valence-electron chi connectivity index (χ3n) is 1.50. The molecular formula is C6H14N2O2. The fourth-order valence-corrected chi connectivity index (χ4v) is 0.912. The Kier molecular flexibility index (Phi) is 2.62. The van der Waals surface area contributed by atoms with Gasteiger partial charge in [-0.25, -0.2) is 5.01 Å². The van der Waals surface area contributed by atoms with Crippen molar-refractivity contribution in [3.8, 4) is 0 Å². The molecule has 0 N–H and O–H groups in total. The first-order valence-corrected chi connectivity index (χ1v) is 3.38. The van der Waals surface area contributed by atoms with E-state index in [2.05, 4.69) is 0 Å². The van der Waals surface area contributed by atoms with Crippen molar-refractivity contribution in [2.75, 3.05) is 27.7 Å². The number of ether oxygens (including phenoxy) is 1. The van der Waals surface area contributed by atoms with E-state index in [1.54, 1.807) is 12.3 Å². The van der Waals surface area contributed by atoms with Crippen molar-refractivity contribution in [3.05, 3.63) is 0 Å². The van der Waals surface area contributed by atoms with Crippen LogP contribution in [0.3, 0.4) is 0 Å². The highest BCUT2D eigenvalue weighted by atomic mass is 16.8. The molecule has 1 heterocycles. The van der Waals surface area contributed by atoms with E-state index >= 15 is 0 Å². The summed E-state index contributed by atoms with van der Waals surface area (Å²) in [6.45, 7) is 0.908. The molecule has 0 amide bonds. The molecule has 0 spiro atoms. The van der Waals surface area contributed by atoms with Gasteiger partial charge in [0.2, 0.25) is 0 Å². The molecule has 4 heteroatoms. The van der Waals surface area contributed by atoms with Crippen LogP contribution in [0.2, 0.25) is 0 Å². The third kappa shape index (κ3) is 1.67. The van der Waals surface area contributed by atoms with Gasteiger partial charge in [0.1, 0.15) is 0 Å². The monoisotopic (exact) mass is 146 g/mol. The van der Waals surface area contributed by atoms with E-state index in [0.717, 1.165) is 13.0 Å². The van der Waals surface area contributed by atoms with Crippen molar-refractivity contribution < 1.29 is 9.57 Å². The second-order valence-corrected chi connectivity index (χ2v) is 2.48. The van der Waals surface area contributed by atoms with Crippen molar-refractivity contribution in [1.82, 2.24) is 10.2 Å².